The van der Waals surface area contributed by atoms with Crippen molar-refractivity contribution < 1.29 is 19.1 Å². The second kappa shape index (κ2) is 9.41. The molecule has 1 aromatic carbocycles. The topological polar surface area (TPSA) is 76.9 Å². The van der Waals surface area contributed by atoms with Crippen LogP contribution in [0.15, 0.2) is 36.9 Å². The first kappa shape index (κ1) is 21.2. The van der Waals surface area contributed by atoms with Gasteiger partial charge in [-0.25, -0.2) is 4.98 Å². The summed E-state index contributed by atoms with van der Waals surface area (Å²) in [6.07, 6.45) is 8.48. The number of nitrogens with zero attached hydrogens (tertiary/aromatic N) is 4. The number of likely N-dealkylation sites (tertiary alicyclic amines) is 2. The summed E-state index contributed by atoms with van der Waals surface area (Å²) in [5, 5.41) is 0. The molecule has 1 atom stereocenters. The zero-order valence-corrected chi connectivity index (χ0v) is 18.2. The molecular weight excluding hydrogens is 396 g/mol. The summed E-state index contributed by atoms with van der Waals surface area (Å²) in [4.78, 5) is 33.4. The summed E-state index contributed by atoms with van der Waals surface area (Å²) in [5.41, 5.74) is 1.07. The number of ether oxygens (including phenoxy) is 2. The quantitative estimate of drug-likeness (QED) is 0.678. The van der Waals surface area contributed by atoms with E-state index in [1.165, 1.54) is 0 Å². The van der Waals surface area contributed by atoms with Gasteiger partial charge in [0.05, 0.1) is 26.5 Å². The van der Waals surface area contributed by atoms with E-state index >= 15 is 0 Å². The van der Waals surface area contributed by atoms with E-state index in [9.17, 15) is 9.59 Å². The predicted molar refractivity (Wildman–Crippen MR) is 115 cm³/mol. The van der Waals surface area contributed by atoms with Gasteiger partial charge in [0, 0.05) is 51.0 Å². The number of carbonyl (C=O) groups is 2. The fourth-order valence-electron chi connectivity index (χ4n) is 4.58. The molecule has 0 unspecified atom stereocenters. The lowest BCUT2D eigenvalue weighted by molar-refractivity contribution is -0.137. The number of benzene rings is 1. The Balaban J connectivity index is 1.28. The summed E-state index contributed by atoms with van der Waals surface area (Å²) in [7, 11) is 3.22. The van der Waals surface area contributed by atoms with Crippen LogP contribution in [-0.2, 0) is 16.0 Å². The fraction of sp³-hybridized carbons (Fsp3) is 0.522. The van der Waals surface area contributed by atoms with Gasteiger partial charge >= 0.3 is 0 Å². The minimum atomic E-state index is -0.234. The molecule has 0 N–H and O–H groups in total. The van der Waals surface area contributed by atoms with Crippen molar-refractivity contribution in [1.29, 1.82) is 0 Å². The van der Waals surface area contributed by atoms with Crippen molar-refractivity contribution in [1.82, 2.24) is 19.4 Å². The lowest BCUT2D eigenvalue weighted by Gasteiger charge is -2.34. The molecule has 8 nitrogen and oxygen atoms in total. The molecule has 0 spiro atoms. The van der Waals surface area contributed by atoms with Crippen LogP contribution >= 0.6 is 0 Å². The lowest BCUT2D eigenvalue weighted by atomic mass is 10.0. The van der Waals surface area contributed by atoms with Crippen molar-refractivity contribution in [2.24, 2.45) is 5.92 Å². The zero-order chi connectivity index (χ0) is 21.8. The normalized spacial score (nSPS) is 19.7. The van der Waals surface area contributed by atoms with E-state index in [1.54, 1.807) is 20.4 Å². The first-order chi connectivity index (χ1) is 15.1. The maximum atomic E-state index is 13.0. The Morgan fingerprint density at radius 1 is 1.16 bits per heavy atom. The molecule has 0 saturated carbocycles. The van der Waals surface area contributed by atoms with E-state index in [-0.39, 0.29) is 17.7 Å². The van der Waals surface area contributed by atoms with E-state index in [0.29, 0.717) is 43.5 Å². The maximum Gasteiger partial charge on any atom is 0.227 e. The van der Waals surface area contributed by atoms with Crippen LogP contribution < -0.4 is 9.47 Å². The van der Waals surface area contributed by atoms with Crippen LogP contribution in [0, 0.1) is 5.92 Å². The van der Waals surface area contributed by atoms with Gasteiger partial charge in [-0.05, 0) is 37.0 Å². The fourth-order valence-corrected chi connectivity index (χ4v) is 4.58. The van der Waals surface area contributed by atoms with Gasteiger partial charge in [-0.3, -0.25) is 9.59 Å². The summed E-state index contributed by atoms with van der Waals surface area (Å²) in [6.45, 7) is 2.57. The third kappa shape index (κ3) is 4.68. The van der Waals surface area contributed by atoms with Gasteiger partial charge in [0.1, 0.15) is 0 Å². The number of piperidine rings is 1. The van der Waals surface area contributed by atoms with Crippen molar-refractivity contribution in [2.75, 3.05) is 40.4 Å². The van der Waals surface area contributed by atoms with Gasteiger partial charge in [0.15, 0.2) is 11.5 Å². The van der Waals surface area contributed by atoms with Gasteiger partial charge in [-0.2, -0.15) is 0 Å². The first-order valence-electron chi connectivity index (χ1n) is 10.8. The van der Waals surface area contributed by atoms with Gasteiger partial charge in [-0.1, -0.05) is 6.07 Å². The molecule has 0 aliphatic carbocycles. The Bertz CT molecular complexity index is 906. The Morgan fingerprint density at radius 3 is 2.61 bits per heavy atom. The van der Waals surface area contributed by atoms with Crippen LogP contribution in [0.5, 0.6) is 11.5 Å². The molecule has 2 aliphatic heterocycles. The molecule has 31 heavy (non-hydrogen) atoms. The number of methoxy groups -OCH3 is 2. The molecule has 2 saturated heterocycles. The van der Waals surface area contributed by atoms with Crippen LogP contribution in [0.25, 0.3) is 0 Å². The first-order valence-corrected chi connectivity index (χ1v) is 10.8. The molecule has 3 heterocycles. The number of hydrogen-bond acceptors (Lipinski definition) is 5. The van der Waals surface area contributed by atoms with Gasteiger partial charge in [0.25, 0.3) is 0 Å². The van der Waals surface area contributed by atoms with Crippen LogP contribution in [0.1, 0.15) is 30.9 Å². The van der Waals surface area contributed by atoms with E-state index in [4.69, 9.17) is 9.47 Å². The lowest BCUT2D eigenvalue weighted by Crippen LogP contribution is -2.42. The molecule has 4 rings (SSSR count). The second-order valence-corrected chi connectivity index (χ2v) is 8.25. The summed E-state index contributed by atoms with van der Waals surface area (Å²) >= 11 is 0. The van der Waals surface area contributed by atoms with Crippen molar-refractivity contribution in [3.05, 3.63) is 42.5 Å². The monoisotopic (exact) mass is 426 g/mol. The Kier molecular flexibility index (Phi) is 6.44. The SMILES string of the molecule is COc1ccc(CCN2C[C@H](C(=O)N3CCC(n4ccnc4)CC3)CC2=O)cc1OC. The van der Waals surface area contributed by atoms with E-state index in [1.807, 2.05) is 40.5 Å². The number of amides is 2. The van der Waals surface area contributed by atoms with Crippen LogP contribution in [-0.4, -0.2) is 71.6 Å². The molecule has 2 fully saturated rings. The average molecular weight is 427 g/mol. The van der Waals surface area contributed by atoms with Gasteiger partial charge < -0.3 is 23.8 Å². The molecule has 166 valence electrons. The number of aromatic nitrogens is 2. The minimum Gasteiger partial charge on any atom is -0.493 e. The van der Waals surface area contributed by atoms with Crippen molar-refractivity contribution in [2.45, 2.75) is 31.7 Å². The Hall–Kier alpha value is -3.03. The van der Waals surface area contributed by atoms with Gasteiger partial charge in [0.2, 0.25) is 11.8 Å². The van der Waals surface area contributed by atoms with Crippen molar-refractivity contribution >= 4 is 11.8 Å². The highest BCUT2D eigenvalue weighted by Gasteiger charge is 2.37. The number of hydrogen-bond donors (Lipinski definition) is 0. The van der Waals surface area contributed by atoms with Gasteiger partial charge in [-0.15, -0.1) is 0 Å². The smallest absolute Gasteiger partial charge is 0.227 e. The van der Waals surface area contributed by atoms with E-state index < -0.39 is 0 Å². The highest BCUT2D eigenvalue weighted by Crippen LogP contribution is 2.29. The number of imidazole rings is 1. The standard InChI is InChI=1S/C23H30N4O4/c1-30-20-4-3-17(13-21(20)31-2)5-9-26-15-18(14-22(26)28)23(29)25-10-6-19(7-11-25)27-12-8-24-16-27/h3-4,8,12-13,16,18-19H,5-7,9-11,14-15H2,1-2H3/t18-/m1/s1. The third-order valence-electron chi connectivity index (χ3n) is 6.40. The molecule has 2 aromatic rings. The molecule has 0 bridgehead atoms. The van der Waals surface area contributed by atoms with E-state index in [0.717, 1.165) is 31.5 Å². The molecular formula is C23H30N4O4. The third-order valence-corrected chi connectivity index (χ3v) is 6.40. The Morgan fingerprint density at radius 2 is 1.94 bits per heavy atom. The van der Waals surface area contributed by atoms with Crippen LogP contribution in [0.3, 0.4) is 0 Å². The highest BCUT2D eigenvalue weighted by molar-refractivity contribution is 5.89. The number of rotatable bonds is 7. The number of carbonyl (C=O) groups excluding carboxylic acids is 2. The highest BCUT2D eigenvalue weighted by atomic mass is 16.5. The average Bonchev–Trinajstić information content (AvgIpc) is 3.47. The van der Waals surface area contributed by atoms with Crippen LogP contribution in [0.4, 0.5) is 0 Å². The molecule has 2 aliphatic rings. The zero-order valence-electron chi connectivity index (χ0n) is 18.2. The summed E-state index contributed by atoms with van der Waals surface area (Å²) in [5.74, 6) is 1.31. The largest absolute Gasteiger partial charge is 0.493 e. The molecule has 1 aromatic heterocycles. The van der Waals surface area contributed by atoms with Crippen molar-refractivity contribution in [3.63, 3.8) is 0 Å². The Labute approximate surface area is 182 Å². The molecule has 8 heteroatoms. The molecule has 2 amide bonds. The predicted octanol–water partition coefficient (Wildman–Crippen LogP) is 2.15. The summed E-state index contributed by atoms with van der Waals surface area (Å²) < 4.78 is 12.8. The van der Waals surface area contributed by atoms with Crippen LogP contribution in [0.2, 0.25) is 0 Å². The van der Waals surface area contributed by atoms with Crippen molar-refractivity contribution in [3.8, 4) is 11.5 Å². The second-order valence-electron chi connectivity index (χ2n) is 8.25. The molecule has 0 radical (unpaired) electrons. The van der Waals surface area contributed by atoms with E-state index in [2.05, 4.69) is 9.55 Å². The summed E-state index contributed by atoms with van der Waals surface area (Å²) in [6, 6.07) is 6.19. The maximum absolute atomic E-state index is 13.0. The minimum absolute atomic E-state index is 0.0622.